The minimum atomic E-state index is 0.203. The highest BCUT2D eigenvalue weighted by molar-refractivity contribution is 6.00. The SMILES string of the molecule is CN1C(=O)Cc2cc(CCN3CCNCC3)ccc21. The van der Waals surface area contributed by atoms with Crippen molar-refractivity contribution in [3.63, 3.8) is 0 Å². The van der Waals surface area contributed by atoms with Gasteiger partial charge in [-0.1, -0.05) is 12.1 Å². The van der Waals surface area contributed by atoms with Gasteiger partial charge in [-0.25, -0.2) is 0 Å². The summed E-state index contributed by atoms with van der Waals surface area (Å²) in [6, 6.07) is 6.46. The molecule has 0 saturated carbocycles. The second-order valence-corrected chi connectivity index (χ2v) is 5.43. The molecule has 1 N–H and O–H groups in total. The quantitative estimate of drug-likeness (QED) is 0.866. The molecule has 102 valence electrons. The molecule has 0 bridgehead atoms. The zero-order chi connectivity index (χ0) is 13.2. The molecule has 1 fully saturated rings. The third kappa shape index (κ3) is 2.65. The summed E-state index contributed by atoms with van der Waals surface area (Å²) in [6.07, 6.45) is 1.64. The third-order valence-electron chi connectivity index (χ3n) is 4.15. The Kier molecular flexibility index (Phi) is 3.53. The normalized spacial score (nSPS) is 19.8. The summed E-state index contributed by atoms with van der Waals surface area (Å²) in [7, 11) is 1.86. The van der Waals surface area contributed by atoms with Crippen LogP contribution >= 0.6 is 0 Å². The van der Waals surface area contributed by atoms with E-state index in [2.05, 4.69) is 28.4 Å². The number of carbonyl (C=O) groups excluding carboxylic acids is 1. The number of hydrogen-bond acceptors (Lipinski definition) is 3. The van der Waals surface area contributed by atoms with E-state index in [0.717, 1.165) is 44.8 Å². The first-order valence-corrected chi connectivity index (χ1v) is 7.05. The molecule has 1 amide bonds. The van der Waals surface area contributed by atoms with Crippen molar-refractivity contribution in [3.8, 4) is 0 Å². The van der Waals surface area contributed by atoms with Gasteiger partial charge >= 0.3 is 0 Å². The number of nitrogens with one attached hydrogen (secondary N) is 1. The molecule has 0 spiro atoms. The smallest absolute Gasteiger partial charge is 0.231 e. The van der Waals surface area contributed by atoms with E-state index in [1.165, 1.54) is 11.1 Å². The topological polar surface area (TPSA) is 35.6 Å². The van der Waals surface area contributed by atoms with Crippen LogP contribution in [0.1, 0.15) is 11.1 Å². The average molecular weight is 259 g/mol. The van der Waals surface area contributed by atoms with Crippen LogP contribution in [0.3, 0.4) is 0 Å². The lowest BCUT2D eigenvalue weighted by Crippen LogP contribution is -2.44. The van der Waals surface area contributed by atoms with Crippen LogP contribution in [0.15, 0.2) is 18.2 Å². The Balaban J connectivity index is 1.63. The number of piperazine rings is 1. The summed E-state index contributed by atoms with van der Waals surface area (Å²) in [5.41, 5.74) is 3.61. The van der Waals surface area contributed by atoms with Crippen molar-refractivity contribution in [1.29, 1.82) is 0 Å². The highest BCUT2D eigenvalue weighted by Gasteiger charge is 2.23. The number of amides is 1. The first kappa shape index (κ1) is 12.6. The number of anilines is 1. The second kappa shape index (κ2) is 5.31. The lowest BCUT2D eigenvalue weighted by Gasteiger charge is -2.27. The zero-order valence-corrected chi connectivity index (χ0v) is 11.5. The van der Waals surface area contributed by atoms with Gasteiger partial charge in [-0.15, -0.1) is 0 Å². The standard InChI is InChI=1S/C15H21N3O/c1-17-14-3-2-12(10-13(14)11-15(17)19)4-7-18-8-5-16-6-9-18/h2-3,10,16H,4-9,11H2,1H3. The largest absolute Gasteiger partial charge is 0.315 e. The third-order valence-corrected chi connectivity index (χ3v) is 4.15. The van der Waals surface area contributed by atoms with Gasteiger partial charge in [0.15, 0.2) is 0 Å². The maximum atomic E-state index is 11.7. The molecule has 0 aliphatic carbocycles. The molecule has 0 aromatic heterocycles. The first-order chi connectivity index (χ1) is 9.24. The van der Waals surface area contributed by atoms with Crippen LogP contribution in [0, 0.1) is 0 Å². The van der Waals surface area contributed by atoms with E-state index in [4.69, 9.17) is 0 Å². The van der Waals surface area contributed by atoms with Gasteiger partial charge in [-0.05, 0) is 23.6 Å². The Labute approximate surface area is 114 Å². The van der Waals surface area contributed by atoms with Gasteiger partial charge < -0.3 is 15.1 Å². The predicted molar refractivity (Wildman–Crippen MR) is 76.6 cm³/mol. The molecule has 1 saturated heterocycles. The van der Waals surface area contributed by atoms with Crippen molar-refractivity contribution >= 4 is 11.6 Å². The van der Waals surface area contributed by atoms with Crippen molar-refractivity contribution in [3.05, 3.63) is 29.3 Å². The zero-order valence-electron chi connectivity index (χ0n) is 11.5. The van der Waals surface area contributed by atoms with E-state index in [9.17, 15) is 4.79 Å². The van der Waals surface area contributed by atoms with Crippen LogP contribution in [0.2, 0.25) is 0 Å². The Morgan fingerprint density at radius 3 is 2.84 bits per heavy atom. The molecule has 4 heteroatoms. The van der Waals surface area contributed by atoms with E-state index in [0.29, 0.717) is 6.42 Å². The fourth-order valence-corrected chi connectivity index (χ4v) is 2.90. The van der Waals surface area contributed by atoms with Crippen molar-refractivity contribution in [2.75, 3.05) is 44.7 Å². The van der Waals surface area contributed by atoms with Gasteiger partial charge in [0, 0.05) is 45.5 Å². The molecule has 1 aromatic carbocycles. The number of hydrogen-bond donors (Lipinski definition) is 1. The molecule has 19 heavy (non-hydrogen) atoms. The van der Waals surface area contributed by atoms with Gasteiger partial charge in [0.05, 0.1) is 6.42 Å². The molecule has 2 aliphatic heterocycles. The van der Waals surface area contributed by atoms with Gasteiger partial charge in [0.25, 0.3) is 0 Å². The van der Waals surface area contributed by atoms with Crippen LogP contribution in [0.4, 0.5) is 5.69 Å². The Morgan fingerprint density at radius 2 is 2.05 bits per heavy atom. The lowest BCUT2D eigenvalue weighted by molar-refractivity contribution is -0.117. The lowest BCUT2D eigenvalue weighted by atomic mass is 10.1. The van der Waals surface area contributed by atoms with Gasteiger partial charge in [-0.3, -0.25) is 4.79 Å². The maximum Gasteiger partial charge on any atom is 0.231 e. The molecule has 2 aliphatic rings. The van der Waals surface area contributed by atoms with Crippen LogP contribution in [-0.4, -0.2) is 50.6 Å². The van der Waals surface area contributed by atoms with Crippen LogP contribution in [0.5, 0.6) is 0 Å². The minimum absolute atomic E-state index is 0.203. The second-order valence-electron chi connectivity index (χ2n) is 5.43. The Bertz CT molecular complexity index is 480. The molecular formula is C15H21N3O. The summed E-state index contributed by atoms with van der Waals surface area (Å²) >= 11 is 0. The van der Waals surface area contributed by atoms with E-state index in [1.807, 2.05) is 7.05 Å². The average Bonchev–Trinajstić information content (AvgIpc) is 2.73. The monoisotopic (exact) mass is 259 g/mol. The van der Waals surface area contributed by atoms with Crippen molar-refractivity contribution in [2.24, 2.45) is 0 Å². The molecule has 0 atom stereocenters. The maximum absolute atomic E-state index is 11.7. The van der Waals surface area contributed by atoms with Gasteiger partial charge in [-0.2, -0.15) is 0 Å². The molecule has 0 unspecified atom stereocenters. The first-order valence-electron chi connectivity index (χ1n) is 7.05. The summed E-state index contributed by atoms with van der Waals surface area (Å²) in [5, 5.41) is 3.37. The fraction of sp³-hybridized carbons (Fsp3) is 0.533. The van der Waals surface area contributed by atoms with Gasteiger partial charge in [0.2, 0.25) is 5.91 Å². The van der Waals surface area contributed by atoms with Crippen molar-refractivity contribution < 1.29 is 4.79 Å². The van der Waals surface area contributed by atoms with Crippen LogP contribution in [0.25, 0.3) is 0 Å². The predicted octanol–water partition coefficient (Wildman–Crippen LogP) is 0.653. The summed E-state index contributed by atoms with van der Waals surface area (Å²) < 4.78 is 0. The van der Waals surface area contributed by atoms with E-state index >= 15 is 0 Å². The number of fused-ring (bicyclic) bond motifs is 1. The molecule has 2 heterocycles. The van der Waals surface area contributed by atoms with E-state index < -0.39 is 0 Å². The molecule has 3 rings (SSSR count). The summed E-state index contributed by atoms with van der Waals surface area (Å²) in [4.78, 5) is 15.9. The summed E-state index contributed by atoms with van der Waals surface area (Å²) in [5.74, 6) is 0.203. The number of rotatable bonds is 3. The Hall–Kier alpha value is -1.39. The fourth-order valence-electron chi connectivity index (χ4n) is 2.90. The summed E-state index contributed by atoms with van der Waals surface area (Å²) in [6.45, 7) is 5.61. The number of benzene rings is 1. The molecule has 0 radical (unpaired) electrons. The van der Waals surface area contributed by atoms with E-state index in [1.54, 1.807) is 4.90 Å². The minimum Gasteiger partial charge on any atom is -0.315 e. The van der Waals surface area contributed by atoms with Crippen molar-refractivity contribution in [1.82, 2.24) is 10.2 Å². The Morgan fingerprint density at radius 1 is 1.26 bits per heavy atom. The molecule has 1 aromatic rings. The number of likely N-dealkylation sites (N-methyl/N-ethyl adjacent to an activating group) is 1. The van der Waals surface area contributed by atoms with Gasteiger partial charge in [0.1, 0.15) is 0 Å². The highest BCUT2D eigenvalue weighted by Crippen LogP contribution is 2.28. The highest BCUT2D eigenvalue weighted by atomic mass is 16.2. The van der Waals surface area contributed by atoms with Crippen molar-refractivity contribution in [2.45, 2.75) is 12.8 Å². The number of carbonyl (C=O) groups is 1. The van der Waals surface area contributed by atoms with Crippen LogP contribution < -0.4 is 10.2 Å². The molecular weight excluding hydrogens is 238 g/mol. The van der Waals surface area contributed by atoms with Crippen LogP contribution in [-0.2, 0) is 17.6 Å². The van der Waals surface area contributed by atoms with E-state index in [-0.39, 0.29) is 5.91 Å². The molecule has 4 nitrogen and oxygen atoms in total. The number of nitrogens with zero attached hydrogens (tertiary/aromatic N) is 2.